The number of morpholine rings is 1. The molecule has 0 aliphatic carbocycles. The lowest BCUT2D eigenvalue weighted by molar-refractivity contribution is -0.937. The van der Waals surface area contributed by atoms with E-state index in [1.54, 1.807) is 25.4 Å². The first-order chi connectivity index (χ1) is 12.3. The lowest BCUT2D eigenvalue weighted by atomic mass is 10.0. The quantitative estimate of drug-likeness (QED) is 0.801. The van der Waals surface area contributed by atoms with E-state index in [1.165, 1.54) is 10.5 Å². The highest BCUT2D eigenvalue weighted by Gasteiger charge is 2.27. The lowest BCUT2D eigenvalue weighted by Gasteiger charge is -2.32. The van der Waals surface area contributed by atoms with Gasteiger partial charge in [-0.1, -0.05) is 6.07 Å². The fourth-order valence-corrected chi connectivity index (χ4v) is 3.10. The molecule has 3 rings (SSSR count). The molecule has 1 amide bonds. The summed E-state index contributed by atoms with van der Waals surface area (Å²) >= 11 is 0. The van der Waals surface area contributed by atoms with E-state index >= 15 is 0 Å². The van der Waals surface area contributed by atoms with Gasteiger partial charge < -0.3 is 19.7 Å². The highest BCUT2D eigenvalue weighted by Crippen LogP contribution is 2.16. The van der Waals surface area contributed by atoms with E-state index in [-0.39, 0.29) is 11.9 Å². The summed E-state index contributed by atoms with van der Waals surface area (Å²) < 4.78 is 10.7. The van der Waals surface area contributed by atoms with Crippen LogP contribution in [0.3, 0.4) is 0 Å². The molecular weight excluding hydrogens is 318 g/mol. The van der Waals surface area contributed by atoms with E-state index in [4.69, 9.17) is 9.47 Å². The number of aromatic nitrogens is 1. The summed E-state index contributed by atoms with van der Waals surface area (Å²) in [6.45, 7) is 3.90. The predicted octanol–water partition coefficient (Wildman–Crippen LogP) is 0.476. The van der Waals surface area contributed by atoms with Crippen LogP contribution < -0.4 is 15.0 Å². The maximum absolute atomic E-state index is 12.3. The summed E-state index contributed by atoms with van der Waals surface area (Å²) in [5.41, 5.74) is 1.62. The van der Waals surface area contributed by atoms with Crippen LogP contribution in [0.15, 0.2) is 48.7 Å². The molecular formula is C19H24N3O3+. The van der Waals surface area contributed by atoms with Crippen molar-refractivity contribution in [2.45, 2.75) is 6.04 Å². The number of hydrogen-bond donors (Lipinski definition) is 2. The zero-order valence-corrected chi connectivity index (χ0v) is 14.4. The van der Waals surface area contributed by atoms with Crippen molar-refractivity contribution in [1.29, 1.82) is 0 Å². The van der Waals surface area contributed by atoms with Crippen LogP contribution in [0.2, 0.25) is 0 Å². The van der Waals surface area contributed by atoms with Crippen molar-refractivity contribution in [2.75, 3.05) is 40.0 Å². The van der Waals surface area contributed by atoms with Gasteiger partial charge in [-0.05, 0) is 36.4 Å². The van der Waals surface area contributed by atoms with E-state index in [0.717, 1.165) is 32.1 Å². The number of quaternary nitrogens is 1. The first-order valence-corrected chi connectivity index (χ1v) is 8.53. The average Bonchev–Trinajstić information content (AvgIpc) is 2.70. The highest BCUT2D eigenvalue weighted by molar-refractivity contribution is 5.92. The Bertz CT molecular complexity index is 670. The van der Waals surface area contributed by atoms with Crippen molar-refractivity contribution in [2.24, 2.45) is 0 Å². The maximum Gasteiger partial charge on any atom is 0.270 e. The minimum atomic E-state index is -0.147. The molecule has 2 N–H and O–H groups in total. The van der Waals surface area contributed by atoms with E-state index in [2.05, 4.69) is 22.4 Å². The first-order valence-electron chi connectivity index (χ1n) is 8.53. The Balaban J connectivity index is 1.72. The third-order valence-corrected chi connectivity index (χ3v) is 4.51. The van der Waals surface area contributed by atoms with Gasteiger partial charge in [-0.2, -0.15) is 0 Å². The van der Waals surface area contributed by atoms with Gasteiger partial charge >= 0.3 is 0 Å². The summed E-state index contributed by atoms with van der Waals surface area (Å²) in [5.74, 6) is 0.684. The Morgan fingerprint density at radius 2 is 2.00 bits per heavy atom. The smallest absolute Gasteiger partial charge is 0.270 e. The normalized spacial score (nSPS) is 16.2. The van der Waals surface area contributed by atoms with Gasteiger partial charge in [0.15, 0.2) is 0 Å². The van der Waals surface area contributed by atoms with Crippen molar-refractivity contribution < 1.29 is 19.2 Å². The number of carbonyl (C=O) groups is 1. The second-order valence-electron chi connectivity index (χ2n) is 6.02. The van der Waals surface area contributed by atoms with Crippen LogP contribution in [0.25, 0.3) is 0 Å². The molecule has 1 atom stereocenters. The zero-order valence-electron chi connectivity index (χ0n) is 14.4. The number of ether oxygens (including phenoxy) is 2. The van der Waals surface area contributed by atoms with Crippen molar-refractivity contribution >= 4 is 5.91 Å². The largest absolute Gasteiger partial charge is 0.497 e. The zero-order chi connectivity index (χ0) is 17.5. The molecule has 2 heterocycles. The topological polar surface area (TPSA) is 64.9 Å². The fourth-order valence-electron chi connectivity index (χ4n) is 3.10. The molecule has 6 nitrogen and oxygen atoms in total. The predicted molar refractivity (Wildman–Crippen MR) is 93.8 cm³/mol. The molecule has 0 spiro atoms. The number of nitrogens with zero attached hydrogens (tertiary/aromatic N) is 1. The van der Waals surface area contributed by atoms with Gasteiger partial charge in [0.05, 0.1) is 26.9 Å². The van der Waals surface area contributed by atoms with Crippen molar-refractivity contribution in [1.82, 2.24) is 10.3 Å². The average molecular weight is 342 g/mol. The molecule has 132 valence electrons. The molecule has 1 aliphatic rings. The second kappa shape index (κ2) is 8.60. The number of pyridine rings is 1. The number of rotatable bonds is 6. The summed E-state index contributed by atoms with van der Waals surface area (Å²) in [6, 6.07) is 13.6. The fraction of sp³-hybridized carbons (Fsp3) is 0.368. The van der Waals surface area contributed by atoms with Gasteiger partial charge in [0.25, 0.3) is 5.91 Å². The molecule has 1 aromatic heterocycles. The summed E-state index contributed by atoms with van der Waals surface area (Å²) in [5, 5.41) is 3.03. The number of nitrogens with one attached hydrogen (secondary N) is 2. The number of carbonyl (C=O) groups excluding carboxylic acids is 1. The second-order valence-corrected chi connectivity index (χ2v) is 6.02. The summed E-state index contributed by atoms with van der Waals surface area (Å²) in [4.78, 5) is 17.9. The third-order valence-electron chi connectivity index (χ3n) is 4.51. The number of benzene rings is 1. The Morgan fingerprint density at radius 1 is 1.24 bits per heavy atom. The van der Waals surface area contributed by atoms with Crippen LogP contribution in [0, 0.1) is 0 Å². The molecule has 1 aromatic carbocycles. The molecule has 0 bridgehead atoms. The van der Waals surface area contributed by atoms with Crippen molar-refractivity contribution in [3.8, 4) is 5.75 Å². The van der Waals surface area contributed by atoms with Gasteiger partial charge in [0.2, 0.25) is 0 Å². The molecule has 1 fully saturated rings. The van der Waals surface area contributed by atoms with Crippen LogP contribution in [0.5, 0.6) is 5.75 Å². The third kappa shape index (κ3) is 4.55. The molecule has 1 saturated heterocycles. The first kappa shape index (κ1) is 17.4. The highest BCUT2D eigenvalue weighted by atomic mass is 16.5. The number of amides is 1. The minimum Gasteiger partial charge on any atom is -0.497 e. The van der Waals surface area contributed by atoms with Crippen LogP contribution in [-0.4, -0.2) is 50.8 Å². The van der Waals surface area contributed by atoms with E-state index in [0.29, 0.717) is 12.2 Å². The minimum absolute atomic E-state index is 0.147. The van der Waals surface area contributed by atoms with Crippen LogP contribution >= 0.6 is 0 Å². The molecule has 0 radical (unpaired) electrons. The van der Waals surface area contributed by atoms with Gasteiger partial charge in [-0.3, -0.25) is 9.78 Å². The molecule has 6 heteroatoms. The summed E-state index contributed by atoms with van der Waals surface area (Å²) in [7, 11) is 1.66. The van der Waals surface area contributed by atoms with Crippen molar-refractivity contribution in [3.63, 3.8) is 0 Å². The Labute approximate surface area is 147 Å². The molecule has 0 saturated carbocycles. The van der Waals surface area contributed by atoms with Crippen molar-refractivity contribution in [3.05, 3.63) is 59.9 Å². The Hall–Kier alpha value is -2.44. The molecule has 2 aromatic rings. The van der Waals surface area contributed by atoms with Crippen LogP contribution in [-0.2, 0) is 4.74 Å². The SMILES string of the molecule is COc1ccc([C@@H](CNC(=O)c2ccccn2)[NH+]2CCOCC2)cc1. The van der Waals surface area contributed by atoms with Crippen LogP contribution in [0.1, 0.15) is 22.1 Å². The molecule has 25 heavy (non-hydrogen) atoms. The van der Waals surface area contributed by atoms with Gasteiger partial charge in [0, 0.05) is 11.8 Å². The monoisotopic (exact) mass is 342 g/mol. The number of methoxy groups -OCH3 is 1. The lowest BCUT2D eigenvalue weighted by Crippen LogP contribution is -3.15. The standard InChI is InChI=1S/C19H23N3O3/c1-24-16-7-5-15(6-8-16)18(22-10-12-25-13-11-22)14-21-19(23)17-4-2-3-9-20-17/h2-9,18H,10-14H2,1H3,(H,21,23)/p+1/t18-/m1/s1. The number of hydrogen-bond acceptors (Lipinski definition) is 4. The van der Waals surface area contributed by atoms with E-state index < -0.39 is 0 Å². The van der Waals surface area contributed by atoms with E-state index in [1.807, 2.05) is 18.2 Å². The summed E-state index contributed by atoms with van der Waals surface area (Å²) in [6.07, 6.45) is 1.63. The maximum atomic E-state index is 12.3. The Morgan fingerprint density at radius 3 is 2.64 bits per heavy atom. The van der Waals surface area contributed by atoms with Crippen LogP contribution in [0.4, 0.5) is 0 Å². The van der Waals surface area contributed by atoms with Gasteiger partial charge in [0.1, 0.15) is 30.6 Å². The van der Waals surface area contributed by atoms with E-state index in [9.17, 15) is 4.79 Å². The molecule has 1 aliphatic heterocycles. The molecule has 0 unspecified atom stereocenters. The Kier molecular flexibility index (Phi) is 5.98. The van der Waals surface area contributed by atoms with Gasteiger partial charge in [-0.25, -0.2) is 0 Å². The van der Waals surface area contributed by atoms with Gasteiger partial charge in [-0.15, -0.1) is 0 Å².